The fourth-order valence-electron chi connectivity index (χ4n) is 3.09. The molecule has 0 unspecified atom stereocenters. The molecule has 7 heteroatoms. The quantitative estimate of drug-likeness (QED) is 0.812. The Balaban J connectivity index is 1.71. The van der Waals surface area contributed by atoms with Crippen LogP contribution in [0.25, 0.3) is 0 Å². The molecule has 132 valence electrons. The third-order valence-corrected chi connectivity index (χ3v) is 4.98. The van der Waals surface area contributed by atoms with Crippen LogP contribution < -0.4 is 10.6 Å². The van der Waals surface area contributed by atoms with Crippen molar-refractivity contribution < 1.29 is 9.18 Å². The van der Waals surface area contributed by atoms with E-state index in [4.69, 9.17) is 17.3 Å². The molecule has 0 aromatic heterocycles. The highest BCUT2D eigenvalue weighted by Gasteiger charge is 2.24. The Bertz CT molecular complexity index is 794. The number of hydrogen-bond acceptors (Lipinski definition) is 3. The zero-order chi connectivity index (χ0) is 18.0. The Hall–Kier alpha value is -1.63. The molecule has 0 radical (unpaired) electrons. The lowest BCUT2D eigenvalue weighted by Gasteiger charge is -2.37. The summed E-state index contributed by atoms with van der Waals surface area (Å²) in [4.78, 5) is 16.0. The molecule has 3 rings (SSSR count). The van der Waals surface area contributed by atoms with Crippen molar-refractivity contribution in [2.75, 3.05) is 31.1 Å². The summed E-state index contributed by atoms with van der Waals surface area (Å²) in [5, 5.41) is 0.729. The van der Waals surface area contributed by atoms with E-state index in [9.17, 15) is 9.18 Å². The van der Waals surface area contributed by atoms with Crippen molar-refractivity contribution in [1.29, 1.82) is 0 Å². The maximum absolute atomic E-state index is 14.1. The minimum atomic E-state index is -0.749. The molecule has 0 saturated carbocycles. The van der Waals surface area contributed by atoms with Crippen molar-refractivity contribution >= 4 is 39.1 Å². The fraction of sp³-hybridized carbons (Fsp3) is 0.278. The molecule has 0 spiro atoms. The SMILES string of the molecule is NC(=O)c1c(F)cc(Br)cc1N1CCN(Cc2cccc(Cl)c2)CC1. The van der Waals surface area contributed by atoms with Crippen LogP contribution in [0.3, 0.4) is 0 Å². The van der Waals surface area contributed by atoms with Gasteiger partial charge in [-0.25, -0.2) is 4.39 Å². The topological polar surface area (TPSA) is 49.6 Å². The van der Waals surface area contributed by atoms with Gasteiger partial charge in [0, 0.05) is 42.2 Å². The van der Waals surface area contributed by atoms with Crippen LogP contribution in [0.4, 0.5) is 10.1 Å². The third kappa shape index (κ3) is 4.32. The van der Waals surface area contributed by atoms with E-state index in [2.05, 4.69) is 20.8 Å². The number of piperazine rings is 1. The maximum Gasteiger partial charge on any atom is 0.253 e. The second-order valence-electron chi connectivity index (χ2n) is 6.04. The minimum absolute atomic E-state index is 0.0495. The molecule has 25 heavy (non-hydrogen) atoms. The number of nitrogens with two attached hydrogens (primary N) is 1. The number of carbonyl (C=O) groups is 1. The summed E-state index contributed by atoms with van der Waals surface area (Å²) in [6.07, 6.45) is 0. The first-order chi connectivity index (χ1) is 11.9. The highest BCUT2D eigenvalue weighted by Crippen LogP contribution is 2.29. The van der Waals surface area contributed by atoms with E-state index in [1.54, 1.807) is 6.07 Å². The maximum atomic E-state index is 14.1. The van der Waals surface area contributed by atoms with Gasteiger partial charge in [0.25, 0.3) is 5.91 Å². The first-order valence-corrected chi connectivity index (χ1v) is 9.12. The van der Waals surface area contributed by atoms with Crippen molar-refractivity contribution in [2.24, 2.45) is 5.73 Å². The first kappa shape index (κ1) is 18.2. The van der Waals surface area contributed by atoms with Crippen LogP contribution >= 0.6 is 27.5 Å². The Labute approximate surface area is 159 Å². The van der Waals surface area contributed by atoms with Crippen molar-refractivity contribution in [3.8, 4) is 0 Å². The van der Waals surface area contributed by atoms with E-state index >= 15 is 0 Å². The smallest absolute Gasteiger partial charge is 0.253 e. The average molecular weight is 427 g/mol. The van der Waals surface area contributed by atoms with Crippen LogP contribution in [0.1, 0.15) is 15.9 Å². The molecule has 1 aliphatic rings. The van der Waals surface area contributed by atoms with Gasteiger partial charge in [-0.1, -0.05) is 39.7 Å². The van der Waals surface area contributed by atoms with E-state index in [1.165, 1.54) is 6.07 Å². The number of anilines is 1. The molecule has 0 bridgehead atoms. The number of benzene rings is 2. The van der Waals surface area contributed by atoms with Crippen molar-refractivity contribution in [3.63, 3.8) is 0 Å². The van der Waals surface area contributed by atoms with Crippen LogP contribution in [0, 0.1) is 5.82 Å². The monoisotopic (exact) mass is 425 g/mol. The number of amides is 1. The molecule has 0 aliphatic carbocycles. The number of nitrogens with zero attached hydrogens (tertiary/aromatic N) is 2. The van der Waals surface area contributed by atoms with Crippen LogP contribution in [0.5, 0.6) is 0 Å². The summed E-state index contributed by atoms with van der Waals surface area (Å²) in [6.45, 7) is 3.80. The molecule has 2 N–H and O–H groups in total. The summed E-state index contributed by atoms with van der Waals surface area (Å²) >= 11 is 9.32. The highest BCUT2D eigenvalue weighted by molar-refractivity contribution is 9.10. The van der Waals surface area contributed by atoms with E-state index in [1.807, 2.05) is 29.2 Å². The van der Waals surface area contributed by atoms with Gasteiger partial charge in [-0.2, -0.15) is 0 Å². The van der Waals surface area contributed by atoms with Gasteiger partial charge in [0.2, 0.25) is 0 Å². The van der Waals surface area contributed by atoms with Gasteiger partial charge in [0.15, 0.2) is 0 Å². The number of hydrogen-bond donors (Lipinski definition) is 1. The first-order valence-electron chi connectivity index (χ1n) is 7.94. The van der Waals surface area contributed by atoms with Crippen LogP contribution in [0.15, 0.2) is 40.9 Å². The number of primary amides is 1. The minimum Gasteiger partial charge on any atom is -0.368 e. The van der Waals surface area contributed by atoms with Crippen LogP contribution in [-0.4, -0.2) is 37.0 Å². The number of carbonyl (C=O) groups excluding carboxylic acids is 1. The molecule has 1 saturated heterocycles. The molecule has 1 heterocycles. The predicted octanol–water partition coefficient (Wildman–Crippen LogP) is 3.66. The molecule has 1 amide bonds. The second-order valence-corrected chi connectivity index (χ2v) is 7.39. The summed E-state index contributed by atoms with van der Waals surface area (Å²) in [7, 11) is 0. The zero-order valence-electron chi connectivity index (χ0n) is 13.5. The molecule has 0 atom stereocenters. The zero-order valence-corrected chi connectivity index (χ0v) is 15.9. The van der Waals surface area contributed by atoms with Gasteiger partial charge in [-0.15, -0.1) is 0 Å². The van der Waals surface area contributed by atoms with Gasteiger partial charge in [-0.05, 0) is 29.8 Å². The molecule has 1 aliphatic heterocycles. The lowest BCUT2D eigenvalue weighted by atomic mass is 10.1. The lowest BCUT2D eigenvalue weighted by molar-refractivity contribution is 0.0996. The van der Waals surface area contributed by atoms with Crippen LogP contribution in [-0.2, 0) is 6.54 Å². The number of halogens is 3. The second kappa shape index (κ2) is 7.72. The van der Waals surface area contributed by atoms with E-state index in [0.29, 0.717) is 23.2 Å². The Morgan fingerprint density at radius 2 is 1.92 bits per heavy atom. The number of rotatable bonds is 4. The summed E-state index contributed by atoms with van der Waals surface area (Å²) in [6, 6.07) is 10.8. The molecule has 2 aromatic rings. The van der Waals surface area contributed by atoms with Gasteiger partial charge in [0.05, 0.1) is 11.3 Å². The fourth-order valence-corrected chi connectivity index (χ4v) is 3.72. The van der Waals surface area contributed by atoms with E-state index < -0.39 is 11.7 Å². The Morgan fingerprint density at radius 3 is 2.56 bits per heavy atom. The molecule has 2 aromatic carbocycles. The molecule has 1 fully saturated rings. The van der Waals surface area contributed by atoms with Gasteiger partial charge in [-0.3, -0.25) is 9.69 Å². The van der Waals surface area contributed by atoms with Crippen molar-refractivity contribution in [1.82, 2.24) is 4.90 Å². The molecular weight excluding hydrogens is 409 g/mol. The summed E-state index contributed by atoms with van der Waals surface area (Å²) in [5.74, 6) is -1.35. The van der Waals surface area contributed by atoms with Gasteiger partial charge in [0.1, 0.15) is 5.82 Å². The predicted molar refractivity (Wildman–Crippen MR) is 102 cm³/mol. The standard InChI is InChI=1S/C18H18BrClFN3O/c19-13-9-15(21)17(18(22)25)16(10-13)24-6-4-23(5-7-24)11-12-2-1-3-14(20)8-12/h1-3,8-10H,4-7,11H2,(H2,22,25). The van der Waals surface area contributed by atoms with E-state index in [-0.39, 0.29) is 5.56 Å². The molecular formula is C18H18BrClFN3O. The third-order valence-electron chi connectivity index (χ3n) is 4.29. The Morgan fingerprint density at radius 1 is 1.20 bits per heavy atom. The highest BCUT2D eigenvalue weighted by atomic mass is 79.9. The van der Waals surface area contributed by atoms with Crippen molar-refractivity contribution in [3.05, 3.63) is 62.8 Å². The molecule has 4 nitrogen and oxygen atoms in total. The van der Waals surface area contributed by atoms with Gasteiger partial charge < -0.3 is 10.6 Å². The normalized spacial score (nSPS) is 15.4. The Kier molecular flexibility index (Phi) is 5.61. The van der Waals surface area contributed by atoms with Crippen molar-refractivity contribution in [2.45, 2.75) is 6.54 Å². The van der Waals surface area contributed by atoms with E-state index in [0.717, 1.165) is 30.2 Å². The summed E-state index contributed by atoms with van der Waals surface area (Å²) < 4.78 is 14.7. The average Bonchev–Trinajstić information content (AvgIpc) is 2.54. The van der Waals surface area contributed by atoms with Gasteiger partial charge >= 0.3 is 0 Å². The summed E-state index contributed by atoms with van der Waals surface area (Å²) in [5.41, 5.74) is 7.03. The largest absolute Gasteiger partial charge is 0.368 e. The van der Waals surface area contributed by atoms with Crippen LogP contribution in [0.2, 0.25) is 5.02 Å². The lowest BCUT2D eigenvalue weighted by Crippen LogP contribution is -2.46.